The van der Waals surface area contributed by atoms with Crippen LogP contribution in [0.5, 0.6) is 6.01 Å². The second kappa shape index (κ2) is 27.0. The van der Waals surface area contributed by atoms with Crippen molar-refractivity contribution in [3.05, 3.63) is 79.4 Å². The Morgan fingerprint density at radius 1 is 0.778 bits per heavy atom. The number of halogens is 1. The van der Waals surface area contributed by atoms with Crippen LogP contribution in [0.1, 0.15) is 70.5 Å². The number of pyridine rings is 2. The first-order valence-corrected chi connectivity index (χ1v) is 20.3. The number of nitro groups is 2. The van der Waals surface area contributed by atoms with Crippen molar-refractivity contribution in [2.45, 2.75) is 86.2 Å². The van der Waals surface area contributed by atoms with Crippen molar-refractivity contribution in [1.82, 2.24) is 29.9 Å². The average Bonchev–Trinajstić information content (AvgIpc) is 3.15. The predicted molar refractivity (Wildman–Crippen MR) is 224 cm³/mol. The van der Waals surface area contributed by atoms with Crippen molar-refractivity contribution in [3.8, 4) is 6.01 Å². The maximum Gasteiger partial charge on any atom is 1.00 e. The number of aryl methyl sites for hydroxylation is 2. The largest absolute Gasteiger partial charge is 1.00 e. The third kappa shape index (κ3) is 17.8. The molecule has 0 aliphatic rings. The molecule has 4 heterocycles. The van der Waals surface area contributed by atoms with E-state index in [9.17, 15) is 38.2 Å². The number of carbonyl (C=O) groups is 2. The molecule has 0 saturated carbocycles. The molecular formula is C37H52FKN12O11S. The molecule has 0 spiro atoms. The van der Waals surface area contributed by atoms with Gasteiger partial charge in [0.2, 0.25) is 33.1 Å². The summed E-state index contributed by atoms with van der Waals surface area (Å²) in [6, 6.07) is 6.98. The molecule has 4 rings (SSSR count). The van der Waals surface area contributed by atoms with Crippen LogP contribution >= 0.6 is 0 Å². The molecule has 0 unspecified atom stereocenters. The van der Waals surface area contributed by atoms with Crippen molar-refractivity contribution in [3.63, 3.8) is 0 Å². The second-order valence-electron chi connectivity index (χ2n) is 13.1. The average molecular weight is 931 g/mol. The van der Waals surface area contributed by atoms with Gasteiger partial charge < -0.3 is 40.2 Å². The van der Waals surface area contributed by atoms with E-state index in [4.69, 9.17) is 25.7 Å². The molecule has 23 nitrogen and oxygen atoms in total. The van der Waals surface area contributed by atoms with E-state index < -0.39 is 66.3 Å². The van der Waals surface area contributed by atoms with Crippen molar-refractivity contribution in [1.29, 1.82) is 0 Å². The van der Waals surface area contributed by atoms with Crippen LogP contribution in [-0.4, -0.2) is 98.8 Å². The zero-order chi connectivity index (χ0) is 44.7. The first-order chi connectivity index (χ1) is 28.3. The third-order valence-corrected chi connectivity index (χ3v) is 8.83. The fourth-order valence-electron chi connectivity index (χ4n) is 5.29. The molecular weight excluding hydrogens is 879 g/mol. The number of nitrogen functional groups attached to an aromatic ring is 2. The Morgan fingerprint density at radius 2 is 1.21 bits per heavy atom. The maximum atomic E-state index is 12.2. The fraction of sp³-hybridized carbons (Fsp3) is 0.459. The van der Waals surface area contributed by atoms with Crippen molar-refractivity contribution >= 4 is 56.4 Å². The number of rotatable bonds is 19. The monoisotopic (exact) mass is 930 g/mol. The minimum Gasteiger partial charge on any atom is -1.00 e. The smallest absolute Gasteiger partial charge is 1.00 e. The molecule has 0 radical (unpaired) electrons. The van der Waals surface area contributed by atoms with Gasteiger partial charge in [0.05, 0.1) is 29.2 Å². The number of hydrogen-bond acceptors (Lipinski definition) is 21. The van der Waals surface area contributed by atoms with E-state index in [0.717, 1.165) is 36.0 Å². The van der Waals surface area contributed by atoms with Gasteiger partial charge in [-0.2, -0.15) is 19.9 Å². The van der Waals surface area contributed by atoms with Crippen LogP contribution in [0.4, 0.5) is 34.6 Å². The van der Waals surface area contributed by atoms with Gasteiger partial charge in [-0.1, -0.05) is 32.9 Å². The van der Waals surface area contributed by atoms with Gasteiger partial charge in [-0.25, -0.2) is 8.42 Å². The summed E-state index contributed by atoms with van der Waals surface area (Å²) in [5.41, 5.74) is 13.2. The quantitative estimate of drug-likeness (QED) is 0.0341. The van der Waals surface area contributed by atoms with Gasteiger partial charge in [0, 0.05) is 43.1 Å². The van der Waals surface area contributed by atoms with Crippen molar-refractivity contribution < 1.29 is 98.2 Å². The number of esters is 2. The molecule has 4 aromatic rings. The zero-order valence-electron chi connectivity index (χ0n) is 35.6. The Hall–Kier alpha value is -5.28. The van der Waals surface area contributed by atoms with Gasteiger partial charge in [-0.05, 0) is 64.3 Å². The molecule has 0 aliphatic carbocycles. The van der Waals surface area contributed by atoms with Crippen LogP contribution < -0.4 is 82.1 Å². The molecule has 0 aromatic carbocycles. The van der Waals surface area contributed by atoms with E-state index in [-0.39, 0.29) is 120 Å². The van der Waals surface area contributed by atoms with E-state index in [0.29, 0.717) is 5.56 Å². The maximum absolute atomic E-state index is 12.2. The molecule has 0 amide bonds. The molecule has 26 heteroatoms. The van der Waals surface area contributed by atoms with Crippen LogP contribution in [0.2, 0.25) is 0 Å². The Balaban J connectivity index is 0.00000117. The molecule has 63 heavy (non-hydrogen) atoms. The van der Waals surface area contributed by atoms with Gasteiger partial charge in [0.15, 0.2) is 0 Å². The second-order valence-corrected chi connectivity index (χ2v) is 15.0. The summed E-state index contributed by atoms with van der Waals surface area (Å²) in [4.78, 5) is 72.6. The normalized spacial score (nSPS) is 10.8. The van der Waals surface area contributed by atoms with Gasteiger partial charge >= 0.3 is 80.7 Å². The number of hydrogen-bond donors (Lipinski definition) is 2. The number of sulfone groups is 1. The summed E-state index contributed by atoms with van der Waals surface area (Å²) in [6.07, 6.45) is 5.42. The number of nitrogens with zero attached hydrogens (tertiary/aromatic N) is 10. The van der Waals surface area contributed by atoms with Crippen molar-refractivity contribution in [2.24, 2.45) is 0 Å². The minimum atomic E-state index is -3.92. The molecule has 0 fully saturated rings. The number of aromatic nitrogens is 6. The molecule has 1 atom stereocenters. The molecule has 0 bridgehead atoms. The van der Waals surface area contributed by atoms with Crippen LogP contribution in [-0.2, 0) is 42.0 Å². The predicted octanol–water partition coefficient (Wildman–Crippen LogP) is -1.90. The SMILES string of the molecule is C.CCC[C@H](C)Oc1nc(N)c([N+](=O)[O-])c(N(CC(=O)OCC)Cc2ccc(C)nc2)n1.CCOC(=O)CN(Cc1ccc(C)nc1)c1nc(S(C)(=O)=O)nc(N)c1[N+](=O)[O-].[F-].[K+]. The first-order valence-electron chi connectivity index (χ1n) is 18.4. The van der Waals surface area contributed by atoms with E-state index in [1.807, 2.05) is 32.9 Å². The van der Waals surface area contributed by atoms with Gasteiger partial charge in [-0.3, -0.25) is 39.8 Å². The summed E-state index contributed by atoms with van der Waals surface area (Å²) < 4.78 is 39.4. The fourth-order valence-corrected chi connectivity index (χ4v) is 5.81. The zero-order valence-corrected chi connectivity index (χ0v) is 39.5. The topological polar surface area (TPSA) is 318 Å². The van der Waals surface area contributed by atoms with Gasteiger partial charge in [0.25, 0.3) is 5.16 Å². The van der Waals surface area contributed by atoms with Crippen LogP contribution in [0.25, 0.3) is 0 Å². The number of ether oxygens (including phenoxy) is 3. The summed E-state index contributed by atoms with van der Waals surface area (Å²) in [6.45, 7) is 10.4. The molecule has 4 N–H and O–H groups in total. The van der Waals surface area contributed by atoms with Gasteiger partial charge in [-0.15, -0.1) is 0 Å². The Morgan fingerprint density at radius 3 is 1.57 bits per heavy atom. The van der Waals surface area contributed by atoms with E-state index in [1.54, 1.807) is 39.1 Å². The Kier molecular flexibility index (Phi) is 24.8. The number of anilines is 4. The van der Waals surface area contributed by atoms with Crippen LogP contribution in [0, 0.1) is 34.1 Å². The van der Waals surface area contributed by atoms with E-state index in [1.165, 1.54) is 16.0 Å². The Labute approximate surface area is 406 Å². The van der Waals surface area contributed by atoms with Crippen molar-refractivity contribution in [2.75, 3.05) is 53.8 Å². The van der Waals surface area contributed by atoms with Crippen LogP contribution in [0.3, 0.4) is 0 Å². The molecule has 340 valence electrons. The summed E-state index contributed by atoms with van der Waals surface area (Å²) in [5.74, 6) is -2.74. The van der Waals surface area contributed by atoms with Gasteiger partial charge in [0.1, 0.15) is 13.1 Å². The number of nitrogens with two attached hydrogens (primary N) is 2. The van der Waals surface area contributed by atoms with Crippen LogP contribution in [0.15, 0.2) is 41.8 Å². The summed E-state index contributed by atoms with van der Waals surface area (Å²) in [7, 11) is -3.92. The first kappa shape index (κ1) is 57.7. The molecule has 0 saturated heterocycles. The molecule has 4 aromatic heterocycles. The third-order valence-electron chi connectivity index (χ3n) is 7.98. The summed E-state index contributed by atoms with van der Waals surface area (Å²) >= 11 is 0. The molecule has 0 aliphatic heterocycles. The van der Waals surface area contributed by atoms with E-state index in [2.05, 4.69) is 29.9 Å². The Bertz CT molecular complexity index is 2260. The van der Waals surface area contributed by atoms with E-state index >= 15 is 0 Å². The summed E-state index contributed by atoms with van der Waals surface area (Å²) in [5, 5.41) is 22.6. The minimum absolute atomic E-state index is 0. The standard InChI is InChI=1S/C20H28N6O5.C16H20N6O6S.CH4.FH.K/c1-5-7-14(4)31-20-23-18(21)17(26(28)29)19(24-20)25(12-16(27)30-6-2)11-15-9-8-13(3)22-10-15;1-4-28-12(23)9-21(8-11-6-5-10(2)18-7-11)15-13(22(24)25)14(17)19-16(20-15)29(3,26)27;;;/h8-10,14H,5-7,11-12H2,1-4H3,(H2,21,23,24);5-7H,4,8-9H2,1-3H3,(H2,17,19,20);1H4;1H;/q;;;;+1/p-1/t14-;;;;/m0..../s1. The number of carbonyl (C=O) groups excluding carboxylic acids is 2.